The average Bonchev–Trinajstić information content (AvgIpc) is 3.30. The zero-order valence-corrected chi connectivity index (χ0v) is 24.8. The predicted octanol–water partition coefficient (Wildman–Crippen LogP) is 8.01. The molecule has 0 N–H and O–H groups in total. The number of Topliss-reactive ketones (excluding diaryl/α,β-unsaturated/α-hetero) is 1. The molecule has 6 rings (SSSR count). The topological polar surface area (TPSA) is 59.9 Å². The van der Waals surface area contributed by atoms with Crippen molar-refractivity contribution in [2.24, 2.45) is 45.3 Å². The number of fused-ring (bicyclic) bond motifs is 5. The Bertz CT molecular complexity index is 1360. The number of pyridine rings is 2. The lowest BCUT2D eigenvalue weighted by atomic mass is 9.35. The van der Waals surface area contributed by atoms with Crippen LogP contribution in [0.4, 0.5) is 0 Å². The number of ketones is 2. The van der Waals surface area contributed by atoms with Gasteiger partial charge < -0.3 is 0 Å². The molecule has 0 spiro atoms. The summed E-state index contributed by atoms with van der Waals surface area (Å²) < 4.78 is 0. The number of allylic oxidation sites excluding steroid dienone is 2. The molecule has 210 valence electrons. The summed E-state index contributed by atoms with van der Waals surface area (Å²) in [5.74, 6) is 1.97. The van der Waals surface area contributed by atoms with Crippen LogP contribution in [0.2, 0.25) is 0 Å². The summed E-state index contributed by atoms with van der Waals surface area (Å²) in [7, 11) is 0. The fourth-order valence-corrected chi connectivity index (χ4v) is 10.5. The standard InChI is InChI=1S/C36H44N2O2/c1-33(2)30-17-19-36(5)31(34(30,3)23-24(32(33)40)22-26-11-7-9-21-38-26)15-13-28-27(16-18-35(28,36)4)29(39)14-12-25-10-6-8-20-37-25/h6-12,14,20-22,27-28,30-31H,13,15-19,23H2,1-5H3/b14-12+,24-22-/t27-,28+,30-,31+,34-,35+,36+/m0/s1. The third-order valence-corrected chi connectivity index (χ3v) is 12.5. The van der Waals surface area contributed by atoms with Crippen LogP contribution >= 0.6 is 0 Å². The lowest BCUT2D eigenvalue weighted by Crippen LogP contribution is -2.63. The summed E-state index contributed by atoms with van der Waals surface area (Å²) >= 11 is 0. The lowest BCUT2D eigenvalue weighted by Gasteiger charge is -2.69. The van der Waals surface area contributed by atoms with Crippen LogP contribution in [0.3, 0.4) is 0 Å². The van der Waals surface area contributed by atoms with Gasteiger partial charge in [-0.05, 0) is 127 Å². The first-order chi connectivity index (χ1) is 19.0. The molecule has 0 saturated heterocycles. The highest BCUT2D eigenvalue weighted by Gasteiger charge is 2.69. The van der Waals surface area contributed by atoms with Crippen LogP contribution in [0.1, 0.15) is 91.0 Å². The number of aromatic nitrogens is 2. The third kappa shape index (κ3) is 4.00. The van der Waals surface area contributed by atoms with Crippen LogP contribution in [0, 0.1) is 45.3 Å². The Morgan fingerprint density at radius 3 is 2.17 bits per heavy atom. The van der Waals surface area contributed by atoms with Gasteiger partial charge in [-0.3, -0.25) is 19.6 Å². The second kappa shape index (κ2) is 9.60. The molecule has 0 radical (unpaired) electrons. The Labute approximate surface area is 239 Å². The number of nitrogens with zero attached hydrogens (tertiary/aromatic N) is 2. The maximum atomic E-state index is 13.9. The van der Waals surface area contributed by atoms with E-state index >= 15 is 0 Å². The van der Waals surface area contributed by atoms with Gasteiger partial charge in [-0.2, -0.15) is 0 Å². The molecule has 4 heteroatoms. The van der Waals surface area contributed by atoms with Crippen molar-refractivity contribution in [3.05, 3.63) is 71.8 Å². The van der Waals surface area contributed by atoms with Crippen molar-refractivity contribution in [2.45, 2.75) is 79.6 Å². The minimum absolute atomic E-state index is 0.0416. The van der Waals surface area contributed by atoms with Gasteiger partial charge >= 0.3 is 0 Å². The van der Waals surface area contributed by atoms with Crippen LogP contribution in [0.15, 0.2) is 60.4 Å². The van der Waals surface area contributed by atoms with Crippen molar-refractivity contribution < 1.29 is 9.59 Å². The second-order valence-corrected chi connectivity index (χ2v) is 14.5. The molecule has 4 nitrogen and oxygen atoms in total. The van der Waals surface area contributed by atoms with Crippen molar-refractivity contribution in [3.8, 4) is 0 Å². The molecule has 0 aliphatic heterocycles. The Balaban J connectivity index is 1.31. The highest BCUT2D eigenvalue weighted by molar-refractivity contribution is 6.04. The molecular weight excluding hydrogens is 492 g/mol. The van der Waals surface area contributed by atoms with Gasteiger partial charge in [0.2, 0.25) is 0 Å². The number of carbonyl (C=O) groups is 2. The zero-order chi connectivity index (χ0) is 28.3. The first kappa shape index (κ1) is 27.3. The molecule has 2 heterocycles. The Morgan fingerprint density at radius 2 is 1.50 bits per heavy atom. The average molecular weight is 537 g/mol. The normalized spacial score (nSPS) is 39.5. The molecule has 4 aliphatic rings. The lowest BCUT2D eigenvalue weighted by molar-refractivity contribution is -0.196. The largest absolute Gasteiger partial charge is 0.295 e. The first-order valence-electron chi connectivity index (χ1n) is 15.3. The van der Waals surface area contributed by atoms with Gasteiger partial charge in [0.05, 0.1) is 11.4 Å². The maximum Gasteiger partial charge on any atom is 0.164 e. The molecular formula is C36H44N2O2. The molecule has 7 atom stereocenters. The predicted molar refractivity (Wildman–Crippen MR) is 160 cm³/mol. The second-order valence-electron chi connectivity index (χ2n) is 14.5. The Kier molecular flexibility index (Phi) is 6.55. The van der Waals surface area contributed by atoms with Crippen molar-refractivity contribution >= 4 is 23.7 Å². The molecule has 4 aliphatic carbocycles. The van der Waals surface area contributed by atoms with Crippen LogP contribution in [-0.2, 0) is 9.59 Å². The fourth-order valence-electron chi connectivity index (χ4n) is 10.5. The van der Waals surface area contributed by atoms with Gasteiger partial charge in [-0.15, -0.1) is 0 Å². The molecule has 4 saturated carbocycles. The van der Waals surface area contributed by atoms with Gasteiger partial charge in [-0.25, -0.2) is 0 Å². The summed E-state index contributed by atoms with van der Waals surface area (Å²) in [5, 5.41) is 0. The number of carbonyl (C=O) groups excluding carboxylic acids is 2. The van der Waals surface area contributed by atoms with Gasteiger partial charge in [0.15, 0.2) is 11.6 Å². The Morgan fingerprint density at radius 1 is 0.825 bits per heavy atom. The molecule has 0 amide bonds. The monoisotopic (exact) mass is 536 g/mol. The van der Waals surface area contributed by atoms with Gasteiger partial charge in [0.1, 0.15) is 0 Å². The van der Waals surface area contributed by atoms with Crippen molar-refractivity contribution in [1.82, 2.24) is 9.97 Å². The minimum atomic E-state index is -0.392. The van der Waals surface area contributed by atoms with Crippen LogP contribution in [-0.4, -0.2) is 21.5 Å². The zero-order valence-electron chi connectivity index (χ0n) is 24.8. The molecule has 0 unspecified atom stereocenters. The van der Waals surface area contributed by atoms with E-state index in [1.807, 2.05) is 42.5 Å². The Hall–Kier alpha value is -2.88. The van der Waals surface area contributed by atoms with E-state index in [1.54, 1.807) is 18.5 Å². The molecule has 2 aromatic rings. The van der Waals surface area contributed by atoms with Crippen LogP contribution < -0.4 is 0 Å². The first-order valence-corrected chi connectivity index (χ1v) is 15.3. The SMILES string of the molecule is CC1(C)C(=O)/C(=C\c2ccccn2)C[C@]2(C)[C@H]3CC[C@@H]4[C@@H](C(=O)/C=C/c5ccccn5)CC[C@@]4(C)[C@]3(C)CC[C@@H]12. The van der Waals surface area contributed by atoms with Gasteiger partial charge in [0.25, 0.3) is 0 Å². The van der Waals surface area contributed by atoms with Crippen molar-refractivity contribution in [1.29, 1.82) is 0 Å². The molecule has 2 aromatic heterocycles. The van der Waals surface area contributed by atoms with E-state index in [0.717, 1.165) is 61.9 Å². The van der Waals surface area contributed by atoms with Crippen LogP contribution in [0.25, 0.3) is 12.2 Å². The minimum Gasteiger partial charge on any atom is -0.295 e. The van der Waals surface area contributed by atoms with E-state index in [1.165, 1.54) is 0 Å². The van der Waals surface area contributed by atoms with E-state index in [-0.39, 0.29) is 27.9 Å². The molecule has 4 fully saturated rings. The summed E-state index contributed by atoms with van der Waals surface area (Å²) in [6.07, 6.45) is 16.7. The quantitative estimate of drug-likeness (QED) is 0.371. The number of hydrogen-bond acceptors (Lipinski definition) is 4. The van der Waals surface area contributed by atoms with Gasteiger partial charge in [0, 0.05) is 23.7 Å². The maximum absolute atomic E-state index is 13.9. The summed E-state index contributed by atoms with van der Waals surface area (Å²) in [6.45, 7) is 11.9. The van der Waals surface area contributed by atoms with Gasteiger partial charge in [-0.1, -0.05) is 46.8 Å². The van der Waals surface area contributed by atoms with E-state index in [9.17, 15) is 9.59 Å². The summed E-state index contributed by atoms with van der Waals surface area (Å²) in [6, 6.07) is 11.7. The summed E-state index contributed by atoms with van der Waals surface area (Å²) in [4.78, 5) is 36.3. The van der Waals surface area contributed by atoms with Crippen molar-refractivity contribution in [3.63, 3.8) is 0 Å². The molecule has 0 aromatic carbocycles. The summed E-state index contributed by atoms with van der Waals surface area (Å²) in [5.41, 5.74) is 2.57. The fraction of sp³-hybridized carbons (Fsp3) is 0.556. The molecule has 0 bridgehead atoms. The number of rotatable bonds is 4. The van der Waals surface area contributed by atoms with Crippen LogP contribution in [0.5, 0.6) is 0 Å². The van der Waals surface area contributed by atoms with E-state index in [2.05, 4.69) is 50.7 Å². The van der Waals surface area contributed by atoms with E-state index < -0.39 is 5.41 Å². The smallest absolute Gasteiger partial charge is 0.164 e. The third-order valence-electron chi connectivity index (χ3n) is 12.5. The highest BCUT2D eigenvalue weighted by Crippen LogP contribution is 2.75. The highest BCUT2D eigenvalue weighted by atomic mass is 16.1. The van der Waals surface area contributed by atoms with Crippen molar-refractivity contribution in [2.75, 3.05) is 0 Å². The number of hydrogen-bond donors (Lipinski definition) is 0. The van der Waals surface area contributed by atoms with E-state index in [0.29, 0.717) is 23.5 Å². The molecule has 40 heavy (non-hydrogen) atoms. The van der Waals surface area contributed by atoms with E-state index in [4.69, 9.17) is 0 Å².